The second-order valence-corrected chi connectivity index (χ2v) is 3.21. The smallest absolute Gasteiger partial charge is 0.255 e. The van der Waals surface area contributed by atoms with E-state index >= 15 is 0 Å². The van der Waals surface area contributed by atoms with Crippen LogP contribution in [0.2, 0.25) is 0 Å². The van der Waals surface area contributed by atoms with Crippen molar-refractivity contribution in [2.24, 2.45) is 7.05 Å². The molecule has 1 amide bonds. The summed E-state index contributed by atoms with van der Waals surface area (Å²) >= 11 is 3.28. The van der Waals surface area contributed by atoms with Crippen molar-refractivity contribution >= 4 is 21.8 Å². The summed E-state index contributed by atoms with van der Waals surface area (Å²) in [5.74, 6) is -0.118. The molecule has 66 valence electrons. The van der Waals surface area contributed by atoms with Gasteiger partial charge in [-0.3, -0.25) is 9.48 Å². The van der Waals surface area contributed by atoms with Gasteiger partial charge in [-0.2, -0.15) is 5.10 Å². The number of nitrogens with zero attached hydrogens (tertiary/aromatic N) is 2. The number of hydrogen-bond donors (Lipinski definition) is 1. The maximum absolute atomic E-state index is 11.3. The number of carbonyl (C=O) groups excluding carboxylic acids is 1. The number of aryl methyl sites for hydroxylation is 2. The molecular weight excluding hydrogens is 222 g/mol. The molecule has 0 aliphatic heterocycles. The first-order valence-corrected chi connectivity index (χ1v) is 4.28. The van der Waals surface area contributed by atoms with Crippen LogP contribution in [0.4, 0.5) is 0 Å². The molecule has 0 radical (unpaired) electrons. The minimum absolute atomic E-state index is 0.118. The molecule has 4 nitrogen and oxygen atoms in total. The minimum Gasteiger partial charge on any atom is -0.355 e. The lowest BCUT2D eigenvalue weighted by molar-refractivity contribution is 0.0961. The summed E-state index contributed by atoms with van der Waals surface area (Å²) in [4.78, 5) is 11.3. The summed E-state index contributed by atoms with van der Waals surface area (Å²) in [5.41, 5.74) is 1.32. The number of rotatable bonds is 1. The van der Waals surface area contributed by atoms with Gasteiger partial charge in [-0.15, -0.1) is 0 Å². The molecule has 0 aliphatic rings. The van der Waals surface area contributed by atoms with Gasteiger partial charge in [0.05, 0.1) is 11.3 Å². The van der Waals surface area contributed by atoms with Crippen LogP contribution >= 0.6 is 15.9 Å². The van der Waals surface area contributed by atoms with Gasteiger partial charge in [0.1, 0.15) is 4.60 Å². The Morgan fingerprint density at radius 2 is 2.25 bits per heavy atom. The van der Waals surface area contributed by atoms with E-state index in [-0.39, 0.29) is 5.91 Å². The number of nitrogens with one attached hydrogen (secondary N) is 1. The topological polar surface area (TPSA) is 46.9 Å². The number of amides is 1. The van der Waals surface area contributed by atoms with Gasteiger partial charge >= 0.3 is 0 Å². The zero-order valence-electron chi connectivity index (χ0n) is 7.18. The van der Waals surface area contributed by atoms with E-state index in [9.17, 15) is 4.79 Å². The van der Waals surface area contributed by atoms with Crippen LogP contribution in [0, 0.1) is 6.92 Å². The molecule has 1 aromatic heterocycles. The summed E-state index contributed by atoms with van der Waals surface area (Å²) in [6.07, 6.45) is 0. The van der Waals surface area contributed by atoms with E-state index in [1.807, 2.05) is 0 Å². The monoisotopic (exact) mass is 231 g/mol. The van der Waals surface area contributed by atoms with E-state index in [0.29, 0.717) is 10.2 Å². The normalized spacial score (nSPS) is 10.0. The lowest BCUT2D eigenvalue weighted by atomic mass is 10.2. The first-order chi connectivity index (χ1) is 5.57. The maximum Gasteiger partial charge on any atom is 0.255 e. The third-order valence-electron chi connectivity index (χ3n) is 1.61. The predicted octanol–water partition coefficient (Wildman–Crippen LogP) is 0.851. The Balaban J connectivity index is 3.22. The van der Waals surface area contributed by atoms with Crippen molar-refractivity contribution in [1.29, 1.82) is 0 Å². The molecule has 0 aromatic carbocycles. The Kier molecular flexibility index (Phi) is 2.52. The highest BCUT2D eigenvalue weighted by Crippen LogP contribution is 2.18. The molecule has 1 heterocycles. The first-order valence-electron chi connectivity index (χ1n) is 3.49. The third kappa shape index (κ3) is 1.36. The lowest BCUT2D eigenvalue weighted by Crippen LogP contribution is -2.18. The number of aromatic nitrogens is 2. The number of carbonyl (C=O) groups is 1. The van der Waals surface area contributed by atoms with Crippen LogP contribution in [0.3, 0.4) is 0 Å². The van der Waals surface area contributed by atoms with Crippen molar-refractivity contribution in [1.82, 2.24) is 15.1 Å². The van der Waals surface area contributed by atoms with Gasteiger partial charge in [0, 0.05) is 14.1 Å². The van der Waals surface area contributed by atoms with Crippen molar-refractivity contribution in [3.05, 3.63) is 15.9 Å². The van der Waals surface area contributed by atoms with Crippen molar-refractivity contribution in [2.75, 3.05) is 7.05 Å². The average Bonchev–Trinajstić information content (AvgIpc) is 2.26. The average molecular weight is 232 g/mol. The highest BCUT2D eigenvalue weighted by molar-refractivity contribution is 9.10. The molecule has 0 saturated heterocycles. The van der Waals surface area contributed by atoms with Gasteiger partial charge in [0.25, 0.3) is 5.91 Å². The van der Waals surface area contributed by atoms with Gasteiger partial charge in [0.2, 0.25) is 0 Å². The van der Waals surface area contributed by atoms with Gasteiger partial charge in [-0.1, -0.05) is 0 Å². The Hall–Kier alpha value is -0.840. The fourth-order valence-corrected chi connectivity index (χ4v) is 1.56. The van der Waals surface area contributed by atoms with Crippen molar-refractivity contribution in [3.63, 3.8) is 0 Å². The summed E-state index contributed by atoms with van der Waals surface area (Å²) in [7, 11) is 3.38. The van der Waals surface area contributed by atoms with Gasteiger partial charge < -0.3 is 5.32 Å². The van der Waals surface area contributed by atoms with Crippen LogP contribution in [0.25, 0.3) is 0 Å². The lowest BCUT2D eigenvalue weighted by Gasteiger charge is -1.97. The van der Waals surface area contributed by atoms with Crippen molar-refractivity contribution in [2.45, 2.75) is 6.92 Å². The zero-order valence-corrected chi connectivity index (χ0v) is 8.77. The molecule has 0 atom stereocenters. The Bertz CT molecular complexity index is 319. The Labute approximate surface area is 79.1 Å². The molecule has 0 unspecified atom stereocenters. The second kappa shape index (κ2) is 3.26. The van der Waals surface area contributed by atoms with E-state index in [1.165, 1.54) is 0 Å². The highest BCUT2D eigenvalue weighted by atomic mass is 79.9. The molecule has 0 bridgehead atoms. The molecule has 0 saturated carbocycles. The van der Waals surface area contributed by atoms with Crippen LogP contribution in [0.5, 0.6) is 0 Å². The maximum atomic E-state index is 11.3. The minimum atomic E-state index is -0.118. The molecule has 1 N–H and O–H groups in total. The molecular formula is C7H10BrN3O. The van der Waals surface area contributed by atoms with Gasteiger partial charge in [0.15, 0.2) is 0 Å². The number of halogens is 1. The van der Waals surface area contributed by atoms with Crippen LogP contribution in [-0.2, 0) is 7.05 Å². The van der Waals surface area contributed by atoms with E-state index in [1.54, 1.807) is 25.7 Å². The van der Waals surface area contributed by atoms with Crippen LogP contribution in [0.1, 0.15) is 16.1 Å². The Morgan fingerprint density at radius 1 is 1.67 bits per heavy atom. The molecule has 0 fully saturated rings. The largest absolute Gasteiger partial charge is 0.355 e. The van der Waals surface area contributed by atoms with E-state index in [0.717, 1.165) is 5.69 Å². The van der Waals surface area contributed by atoms with Crippen molar-refractivity contribution < 1.29 is 4.79 Å². The van der Waals surface area contributed by atoms with E-state index < -0.39 is 0 Å². The SMILES string of the molecule is CNC(=O)c1c(C)nn(C)c1Br. The highest BCUT2D eigenvalue weighted by Gasteiger charge is 2.16. The Morgan fingerprint density at radius 3 is 2.58 bits per heavy atom. The predicted molar refractivity (Wildman–Crippen MR) is 49.0 cm³/mol. The molecule has 5 heteroatoms. The third-order valence-corrected chi connectivity index (χ3v) is 2.52. The van der Waals surface area contributed by atoms with Crippen LogP contribution < -0.4 is 5.32 Å². The first kappa shape index (κ1) is 9.25. The fraction of sp³-hybridized carbons (Fsp3) is 0.429. The summed E-state index contributed by atoms with van der Waals surface area (Å²) in [6.45, 7) is 1.80. The van der Waals surface area contributed by atoms with E-state index in [2.05, 4.69) is 26.3 Å². The van der Waals surface area contributed by atoms with Crippen molar-refractivity contribution in [3.8, 4) is 0 Å². The molecule has 12 heavy (non-hydrogen) atoms. The molecule has 1 aromatic rings. The number of hydrogen-bond acceptors (Lipinski definition) is 2. The quantitative estimate of drug-likeness (QED) is 0.780. The molecule has 1 rings (SSSR count). The summed E-state index contributed by atoms with van der Waals surface area (Å²) < 4.78 is 2.33. The van der Waals surface area contributed by atoms with E-state index in [4.69, 9.17) is 0 Å². The molecule has 0 aliphatic carbocycles. The standard InChI is InChI=1S/C7H10BrN3O/c1-4-5(7(12)9-2)6(8)11(3)10-4/h1-3H3,(H,9,12). The summed E-state index contributed by atoms with van der Waals surface area (Å²) in [6, 6.07) is 0. The second-order valence-electron chi connectivity index (χ2n) is 2.45. The van der Waals surface area contributed by atoms with Crippen LogP contribution in [0.15, 0.2) is 4.60 Å². The van der Waals surface area contributed by atoms with Gasteiger partial charge in [-0.25, -0.2) is 0 Å². The van der Waals surface area contributed by atoms with Crippen LogP contribution in [-0.4, -0.2) is 22.7 Å². The molecule has 0 spiro atoms. The fourth-order valence-electron chi connectivity index (χ4n) is 1.01. The zero-order chi connectivity index (χ0) is 9.30. The van der Waals surface area contributed by atoms with Gasteiger partial charge in [-0.05, 0) is 22.9 Å². The summed E-state index contributed by atoms with van der Waals surface area (Å²) in [5, 5.41) is 6.64.